The highest BCUT2D eigenvalue weighted by molar-refractivity contribution is 6.33. The zero-order valence-corrected chi connectivity index (χ0v) is 14.8. The second-order valence-corrected chi connectivity index (χ2v) is 7.12. The topological polar surface area (TPSA) is 87.5 Å². The lowest BCUT2D eigenvalue weighted by Crippen LogP contribution is -2.45. The third-order valence-corrected chi connectivity index (χ3v) is 5.24. The monoisotopic (exact) mass is 366 g/mol. The first-order valence-electron chi connectivity index (χ1n) is 8.75. The molecule has 136 valence electrons. The predicted molar refractivity (Wildman–Crippen MR) is 97.1 cm³/mol. The lowest BCUT2D eigenvalue weighted by atomic mass is 9.97. The summed E-state index contributed by atoms with van der Waals surface area (Å²) in [6.07, 6.45) is 3.83. The van der Waals surface area contributed by atoms with E-state index >= 15 is 0 Å². The molecule has 0 radical (unpaired) electrons. The number of hydrogen-bond donors (Lipinski definition) is 2. The van der Waals surface area contributed by atoms with E-state index in [9.17, 15) is 14.9 Å². The molecule has 2 unspecified atom stereocenters. The number of anilines is 1. The summed E-state index contributed by atoms with van der Waals surface area (Å²) in [6.45, 7) is 2.87. The molecule has 0 spiro atoms. The fourth-order valence-electron chi connectivity index (χ4n) is 3.68. The zero-order chi connectivity index (χ0) is 17.8. The van der Waals surface area contributed by atoms with Crippen molar-refractivity contribution in [2.24, 2.45) is 5.92 Å². The summed E-state index contributed by atoms with van der Waals surface area (Å²) in [5.41, 5.74) is 0.523. The summed E-state index contributed by atoms with van der Waals surface area (Å²) in [5.74, 6) is 0.313. The molecule has 0 bridgehead atoms. The number of nitro groups is 1. The number of amides is 1. The third-order valence-electron chi connectivity index (χ3n) is 4.94. The summed E-state index contributed by atoms with van der Waals surface area (Å²) in [5, 5.41) is 17.9. The van der Waals surface area contributed by atoms with E-state index in [0.29, 0.717) is 23.8 Å². The smallest absolute Gasteiger partial charge is 0.294 e. The lowest BCUT2D eigenvalue weighted by Gasteiger charge is -2.34. The number of hydrogen-bond acceptors (Lipinski definition) is 5. The summed E-state index contributed by atoms with van der Waals surface area (Å²) < 4.78 is 0. The number of halogens is 1. The molecule has 2 aliphatic rings. The van der Waals surface area contributed by atoms with Crippen LogP contribution >= 0.6 is 11.6 Å². The number of carbonyl (C=O) groups excluding carboxylic acids is 1. The van der Waals surface area contributed by atoms with Crippen molar-refractivity contribution in [3.05, 3.63) is 33.3 Å². The molecule has 0 aliphatic carbocycles. The van der Waals surface area contributed by atoms with Gasteiger partial charge in [-0.2, -0.15) is 0 Å². The summed E-state index contributed by atoms with van der Waals surface area (Å²) in [7, 11) is 0. The van der Waals surface area contributed by atoms with Crippen LogP contribution in [0, 0.1) is 16.0 Å². The number of benzene rings is 1. The van der Waals surface area contributed by atoms with Crippen molar-refractivity contribution in [2.75, 3.05) is 31.1 Å². The molecule has 3 rings (SSSR count). The second-order valence-electron chi connectivity index (χ2n) is 6.71. The fourth-order valence-corrected chi connectivity index (χ4v) is 3.96. The molecule has 25 heavy (non-hydrogen) atoms. The van der Waals surface area contributed by atoms with Crippen LogP contribution in [0.1, 0.15) is 25.7 Å². The molecular formula is C17H23ClN4O3. The van der Waals surface area contributed by atoms with Gasteiger partial charge < -0.3 is 15.5 Å². The normalized spacial score (nSPS) is 23.5. The Morgan fingerprint density at radius 2 is 2.24 bits per heavy atom. The van der Waals surface area contributed by atoms with Crippen molar-refractivity contribution < 1.29 is 9.72 Å². The first kappa shape index (κ1) is 17.9. The van der Waals surface area contributed by atoms with Crippen molar-refractivity contribution >= 4 is 28.9 Å². The standard InChI is InChI=1S/C17H23ClN4O3/c18-13-5-1-7-15(22(24)25)16(13)21-9-3-4-12(11-21)10-20-17(23)14-6-2-8-19-14/h1,5,7,12,14,19H,2-4,6,8-11H2,(H,20,23). The van der Waals surface area contributed by atoms with Crippen molar-refractivity contribution in [2.45, 2.75) is 31.7 Å². The molecule has 8 heteroatoms. The van der Waals surface area contributed by atoms with Crippen LogP contribution in [-0.2, 0) is 4.79 Å². The molecule has 2 atom stereocenters. The molecule has 2 N–H and O–H groups in total. The lowest BCUT2D eigenvalue weighted by molar-refractivity contribution is -0.384. The maximum absolute atomic E-state index is 12.1. The number of nitrogens with one attached hydrogen (secondary N) is 2. The van der Waals surface area contributed by atoms with E-state index < -0.39 is 4.92 Å². The molecular weight excluding hydrogens is 344 g/mol. The summed E-state index contributed by atoms with van der Waals surface area (Å²) in [6, 6.07) is 4.68. The Balaban J connectivity index is 1.63. The Kier molecular flexibility index (Phi) is 5.75. The second kappa shape index (κ2) is 8.01. The molecule has 1 amide bonds. The Hall–Kier alpha value is -1.86. The number of para-hydroxylation sites is 1. The van der Waals surface area contributed by atoms with Gasteiger partial charge in [-0.25, -0.2) is 0 Å². The highest BCUT2D eigenvalue weighted by Gasteiger charge is 2.28. The van der Waals surface area contributed by atoms with E-state index in [4.69, 9.17) is 11.6 Å². The molecule has 0 aromatic heterocycles. The number of carbonyl (C=O) groups is 1. The van der Waals surface area contributed by atoms with Gasteiger partial charge in [-0.15, -0.1) is 0 Å². The quantitative estimate of drug-likeness (QED) is 0.617. The SMILES string of the molecule is O=C(NCC1CCCN(c2c(Cl)cccc2[N+](=O)[O-])C1)C1CCCN1. The average Bonchev–Trinajstić information content (AvgIpc) is 3.14. The highest BCUT2D eigenvalue weighted by atomic mass is 35.5. The van der Waals surface area contributed by atoms with E-state index in [0.717, 1.165) is 38.8 Å². The number of rotatable bonds is 5. The Labute approximate surface area is 151 Å². The van der Waals surface area contributed by atoms with Crippen LogP contribution in [0.5, 0.6) is 0 Å². The molecule has 2 fully saturated rings. The molecule has 7 nitrogen and oxygen atoms in total. The van der Waals surface area contributed by atoms with E-state index in [2.05, 4.69) is 10.6 Å². The largest absolute Gasteiger partial charge is 0.364 e. The summed E-state index contributed by atoms with van der Waals surface area (Å²) in [4.78, 5) is 25.0. The van der Waals surface area contributed by atoms with Gasteiger partial charge in [0.1, 0.15) is 5.69 Å². The van der Waals surface area contributed by atoms with Crippen LogP contribution in [0.25, 0.3) is 0 Å². The fraction of sp³-hybridized carbons (Fsp3) is 0.588. The first-order valence-corrected chi connectivity index (χ1v) is 9.13. The summed E-state index contributed by atoms with van der Waals surface area (Å²) >= 11 is 6.24. The first-order chi connectivity index (χ1) is 12.1. The van der Waals surface area contributed by atoms with Gasteiger partial charge >= 0.3 is 0 Å². The van der Waals surface area contributed by atoms with Crippen LogP contribution in [0.15, 0.2) is 18.2 Å². The molecule has 2 saturated heterocycles. The van der Waals surface area contributed by atoms with Gasteiger partial charge in [0.25, 0.3) is 5.69 Å². The minimum Gasteiger partial charge on any atom is -0.364 e. The van der Waals surface area contributed by atoms with Crippen LogP contribution in [0.2, 0.25) is 5.02 Å². The number of nitrogens with zero attached hydrogens (tertiary/aromatic N) is 2. The zero-order valence-electron chi connectivity index (χ0n) is 14.0. The van der Waals surface area contributed by atoms with Crippen LogP contribution < -0.4 is 15.5 Å². The van der Waals surface area contributed by atoms with Gasteiger partial charge in [0.05, 0.1) is 16.0 Å². The average molecular weight is 367 g/mol. The van der Waals surface area contributed by atoms with Crippen molar-refractivity contribution in [1.29, 1.82) is 0 Å². The third kappa shape index (κ3) is 4.22. The van der Waals surface area contributed by atoms with Crippen molar-refractivity contribution in [3.8, 4) is 0 Å². The molecule has 2 heterocycles. The molecule has 1 aromatic carbocycles. The van der Waals surface area contributed by atoms with Gasteiger partial charge in [0, 0.05) is 25.7 Å². The van der Waals surface area contributed by atoms with Gasteiger partial charge in [-0.1, -0.05) is 17.7 Å². The van der Waals surface area contributed by atoms with E-state index in [1.165, 1.54) is 6.07 Å². The Morgan fingerprint density at radius 1 is 1.40 bits per heavy atom. The van der Waals surface area contributed by atoms with E-state index in [1.807, 2.05) is 4.90 Å². The van der Waals surface area contributed by atoms with Crippen LogP contribution in [0.3, 0.4) is 0 Å². The van der Waals surface area contributed by atoms with E-state index in [1.54, 1.807) is 12.1 Å². The van der Waals surface area contributed by atoms with Crippen molar-refractivity contribution in [1.82, 2.24) is 10.6 Å². The Morgan fingerprint density at radius 3 is 2.96 bits per heavy atom. The number of piperidine rings is 1. The molecule has 1 aromatic rings. The minimum absolute atomic E-state index is 0.0346. The maximum atomic E-state index is 12.1. The minimum atomic E-state index is -0.391. The van der Waals surface area contributed by atoms with Gasteiger partial charge in [0.2, 0.25) is 5.91 Å². The van der Waals surface area contributed by atoms with Gasteiger partial charge in [-0.3, -0.25) is 14.9 Å². The predicted octanol–water partition coefficient (Wildman–Crippen LogP) is 2.33. The highest BCUT2D eigenvalue weighted by Crippen LogP contribution is 2.37. The molecule has 2 aliphatic heterocycles. The Bertz CT molecular complexity index is 649. The van der Waals surface area contributed by atoms with Crippen LogP contribution in [0.4, 0.5) is 11.4 Å². The van der Waals surface area contributed by atoms with Crippen molar-refractivity contribution in [3.63, 3.8) is 0 Å². The van der Waals surface area contributed by atoms with E-state index in [-0.39, 0.29) is 23.6 Å². The van der Waals surface area contributed by atoms with Gasteiger partial charge in [0.15, 0.2) is 0 Å². The van der Waals surface area contributed by atoms with Crippen LogP contribution in [-0.4, -0.2) is 43.1 Å². The van der Waals surface area contributed by atoms with Gasteiger partial charge in [-0.05, 0) is 44.2 Å². The molecule has 0 saturated carbocycles. The maximum Gasteiger partial charge on any atom is 0.294 e. The number of nitro benzene ring substituents is 1.